The smallest absolute Gasteiger partial charge is 0.0402 e. The zero-order valence-electron chi connectivity index (χ0n) is 12.8. The van der Waals surface area contributed by atoms with Crippen molar-refractivity contribution in [3.05, 3.63) is 29.8 Å². The Bertz CT molecular complexity index is 456. The molecular weight excluding hydrogens is 246 g/mol. The monoisotopic (exact) mass is 273 g/mol. The van der Waals surface area contributed by atoms with Gasteiger partial charge in [0.15, 0.2) is 0 Å². The van der Waals surface area contributed by atoms with E-state index in [9.17, 15) is 0 Å². The SMILES string of the molecule is CC(C)(N)CN1CCC(N2CCc3ccccc32)CC1. The largest absolute Gasteiger partial charge is 0.368 e. The zero-order valence-corrected chi connectivity index (χ0v) is 12.8. The van der Waals surface area contributed by atoms with Crippen molar-refractivity contribution in [3.8, 4) is 0 Å². The maximum absolute atomic E-state index is 6.13. The third kappa shape index (κ3) is 2.99. The Labute approximate surface area is 122 Å². The fourth-order valence-electron chi connectivity index (χ4n) is 3.71. The van der Waals surface area contributed by atoms with Crippen molar-refractivity contribution in [2.24, 2.45) is 5.73 Å². The summed E-state index contributed by atoms with van der Waals surface area (Å²) >= 11 is 0. The first kappa shape index (κ1) is 13.9. The minimum Gasteiger partial charge on any atom is -0.368 e. The number of piperidine rings is 1. The fourth-order valence-corrected chi connectivity index (χ4v) is 3.71. The second-order valence-electron chi connectivity index (χ2n) is 7.07. The summed E-state index contributed by atoms with van der Waals surface area (Å²) in [5, 5.41) is 0. The molecule has 3 rings (SSSR count). The number of nitrogens with two attached hydrogens (primary N) is 1. The minimum atomic E-state index is -0.0763. The molecule has 0 atom stereocenters. The van der Waals surface area contributed by atoms with Gasteiger partial charge in [-0.1, -0.05) is 18.2 Å². The van der Waals surface area contributed by atoms with E-state index in [1.165, 1.54) is 50.1 Å². The lowest BCUT2D eigenvalue weighted by molar-refractivity contribution is 0.178. The Hall–Kier alpha value is -1.06. The summed E-state index contributed by atoms with van der Waals surface area (Å²) in [5.41, 5.74) is 9.06. The Morgan fingerprint density at radius 3 is 2.55 bits per heavy atom. The molecule has 20 heavy (non-hydrogen) atoms. The van der Waals surface area contributed by atoms with Gasteiger partial charge in [-0.25, -0.2) is 0 Å². The van der Waals surface area contributed by atoms with Crippen LogP contribution in [-0.2, 0) is 6.42 Å². The average molecular weight is 273 g/mol. The summed E-state index contributed by atoms with van der Waals surface area (Å²) in [4.78, 5) is 5.17. The third-order valence-corrected chi connectivity index (χ3v) is 4.55. The number of likely N-dealkylation sites (tertiary alicyclic amines) is 1. The second kappa shape index (κ2) is 5.38. The van der Waals surface area contributed by atoms with Gasteiger partial charge in [-0.3, -0.25) is 0 Å². The van der Waals surface area contributed by atoms with Crippen molar-refractivity contribution in [1.82, 2.24) is 4.90 Å². The van der Waals surface area contributed by atoms with Gasteiger partial charge in [0, 0.05) is 43.4 Å². The molecule has 0 aromatic heterocycles. The van der Waals surface area contributed by atoms with Crippen LogP contribution in [0, 0.1) is 0 Å². The number of hydrogen-bond donors (Lipinski definition) is 1. The predicted octanol–water partition coefficient (Wildman–Crippen LogP) is 2.25. The van der Waals surface area contributed by atoms with E-state index in [0.717, 1.165) is 12.6 Å². The van der Waals surface area contributed by atoms with Gasteiger partial charge >= 0.3 is 0 Å². The van der Waals surface area contributed by atoms with Crippen LogP contribution in [0.25, 0.3) is 0 Å². The first-order valence-electron chi connectivity index (χ1n) is 7.89. The normalized spacial score (nSPS) is 21.2. The van der Waals surface area contributed by atoms with Gasteiger partial charge < -0.3 is 15.5 Å². The van der Waals surface area contributed by atoms with Gasteiger partial charge in [0.2, 0.25) is 0 Å². The van der Waals surface area contributed by atoms with E-state index in [1.807, 2.05) is 0 Å². The molecule has 1 fully saturated rings. The van der Waals surface area contributed by atoms with Gasteiger partial charge in [-0.05, 0) is 44.7 Å². The molecule has 3 heteroatoms. The number of anilines is 1. The van der Waals surface area contributed by atoms with Gasteiger partial charge in [0.1, 0.15) is 0 Å². The molecule has 0 radical (unpaired) electrons. The summed E-state index contributed by atoms with van der Waals surface area (Å²) in [6, 6.07) is 9.62. The number of para-hydroxylation sites is 1. The first-order chi connectivity index (χ1) is 9.53. The first-order valence-corrected chi connectivity index (χ1v) is 7.89. The molecule has 2 aliphatic rings. The second-order valence-corrected chi connectivity index (χ2v) is 7.07. The van der Waals surface area contributed by atoms with E-state index in [1.54, 1.807) is 0 Å². The van der Waals surface area contributed by atoms with Gasteiger partial charge in [0.05, 0.1) is 0 Å². The highest BCUT2D eigenvalue weighted by atomic mass is 15.2. The lowest BCUT2D eigenvalue weighted by Crippen LogP contribution is -2.51. The molecular formula is C17H27N3. The molecule has 0 amide bonds. The topological polar surface area (TPSA) is 32.5 Å². The zero-order chi connectivity index (χ0) is 14.2. The Balaban J connectivity index is 1.60. The van der Waals surface area contributed by atoms with Crippen LogP contribution < -0.4 is 10.6 Å². The molecule has 2 N–H and O–H groups in total. The van der Waals surface area contributed by atoms with E-state index in [4.69, 9.17) is 5.73 Å². The van der Waals surface area contributed by atoms with E-state index in [2.05, 4.69) is 47.9 Å². The number of hydrogen-bond acceptors (Lipinski definition) is 3. The number of nitrogens with zero attached hydrogens (tertiary/aromatic N) is 2. The van der Waals surface area contributed by atoms with Crippen molar-refractivity contribution < 1.29 is 0 Å². The highest BCUT2D eigenvalue weighted by molar-refractivity contribution is 5.58. The summed E-state index contributed by atoms with van der Waals surface area (Å²) in [6.45, 7) is 8.82. The van der Waals surface area contributed by atoms with Crippen molar-refractivity contribution >= 4 is 5.69 Å². The van der Waals surface area contributed by atoms with Gasteiger partial charge in [0.25, 0.3) is 0 Å². The van der Waals surface area contributed by atoms with Crippen LogP contribution in [0.4, 0.5) is 5.69 Å². The molecule has 0 spiro atoms. The number of benzene rings is 1. The molecule has 2 heterocycles. The molecule has 2 aliphatic heterocycles. The quantitative estimate of drug-likeness (QED) is 0.917. The molecule has 0 unspecified atom stereocenters. The summed E-state index contributed by atoms with van der Waals surface area (Å²) in [5.74, 6) is 0. The van der Waals surface area contributed by atoms with Gasteiger partial charge in [-0.2, -0.15) is 0 Å². The fraction of sp³-hybridized carbons (Fsp3) is 0.647. The molecule has 0 aliphatic carbocycles. The van der Waals surface area contributed by atoms with Crippen LogP contribution in [0.2, 0.25) is 0 Å². The molecule has 110 valence electrons. The molecule has 0 bridgehead atoms. The van der Waals surface area contributed by atoms with E-state index < -0.39 is 0 Å². The van der Waals surface area contributed by atoms with Crippen LogP contribution in [0.5, 0.6) is 0 Å². The Kier molecular flexibility index (Phi) is 3.74. The molecule has 0 saturated carbocycles. The van der Waals surface area contributed by atoms with Crippen LogP contribution in [0.3, 0.4) is 0 Å². The van der Waals surface area contributed by atoms with Crippen LogP contribution in [0.15, 0.2) is 24.3 Å². The highest BCUT2D eigenvalue weighted by Crippen LogP contribution is 2.32. The molecule has 1 saturated heterocycles. The minimum absolute atomic E-state index is 0.0763. The van der Waals surface area contributed by atoms with Crippen LogP contribution in [0.1, 0.15) is 32.3 Å². The molecule has 1 aromatic carbocycles. The number of fused-ring (bicyclic) bond motifs is 1. The predicted molar refractivity (Wildman–Crippen MR) is 85.2 cm³/mol. The van der Waals surface area contributed by atoms with Crippen molar-refractivity contribution in [1.29, 1.82) is 0 Å². The summed E-state index contributed by atoms with van der Waals surface area (Å²) in [7, 11) is 0. The average Bonchev–Trinajstić information content (AvgIpc) is 2.82. The molecule has 1 aromatic rings. The maximum Gasteiger partial charge on any atom is 0.0402 e. The van der Waals surface area contributed by atoms with Crippen molar-refractivity contribution in [3.63, 3.8) is 0 Å². The van der Waals surface area contributed by atoms with Gasteiger partial charge in [-0.15, -0.1) is 0 Å². The Morgan fingerprint density at radius 1 is 1.15 bits per heavy atom. The van der Waals surface area contributed by atoms with E-state index in [-0.39, 0.29) is 5.54 Å². The van der Waals surface area contributed by atoms with Crippen molar-refractivity contribution in [2.75, 3.05) is 31.1 Å². The Morgan fingerprint density at radius 2 is 1.85 bits per heavy atom. The molecule has 3 nitrogen and oxygen atoms in total. The summed E-state index contributed by atoms with van der Waals surface area (Å²) < 4.78 is 0. The van der Waals surface area contributed by atoms with E-state index in [0.29, 0.717) is 0 Å². The highest BCUT2D eigenvalue weighted by Gasteiger charge is 2.30. The van der Waals surface area contributed by atoms with Crippen LogP contribution in [-0.4, -0.2) is 42.7 Å². The van der Waals surface area contributed by atoms with Crippen LogP contribution >= 0.6 is 0 Å². The third-order valence-electron chi connectivity index (χ3n) is 4.55. The lowest BCUT2D eigenvalue weighted by Gasteiger charge is -2.40. The van der Waals surface area contributed by atoms with Crippen molar-refractivity contribution in [2.45, 2.75) is 44.7 Å². The lowest BCUT2D eigenvalue weighted by atomic mass is 10.00. The standard InChI is InChI=1S/C17H27N3/c1-17(2,18)13-19-10-8-15(9-11-19)20-12-7-14-5-3-4-6-16(14)20/h3-6,15H,7-13,18H2,1-2H3. The maximum atomic E-state index is 6.13. The van der Waals surface area contributed by atoms with E-state index >= 15 is 0 Å². The summed E-state index contributed by atoms with van der Waals surface area (Å²) in [6.07, 6.45) is 3.75. The number of rotatable bonds is 3.